The number of methoxy groups -OCH3 is 1. The molecule has 0 fully saturated rings. The molecule has 0 unspecified atom stereocenters. The van der Waals surface area contributed by atoms with E-state index in [9.17, 15) is 4.79 Å². The number of halogens is 1. The number of aryl methyl sites for hydroxylation is 1. The molecule has 108 valence electrons. The van der Waals surface area contributed by atoms with Gasteiger partial charge in [0.05, 0.1) is 23.9 Å². The molecule has 2 rings (SSSR count). The number of hydrogen-bond acceptors (Lipinski definition) is 3. The fourth-order valence-electron chi connectivity index (χ4n) is 1.80. The molecule has 1 N–H and O–H groups in total. The SMILES string of the molecule is COc1ccccc1/C=N/NC(=O)c1ccc(C)cc1Cl. The molecule has 2 aromatic rings. The molecule has 0 bridgehead atoms. The van der Waals surface area contributed by atoms with Crippen molar-refractivity contribution < 1.29 is 9.53 Å². The molecule has 1 amide bonds. The zero-order valence-corrected chi connectivity index (χ0v) is 12.5. The molecule has 2 aromatic carbocycles. The Bertz CT molecular complexity index is 684. The van der Waals surface area contributed by atoms with Crippen molar-refractivity contribution in [2.24, 2.45) is 5.10 Å². The number of benzene rings is 2. The molecule has 4 nitrogen and oxygen atoms in total. The third-order valence-corrected chi connectivity index (χ3v) is 3.19. The van der Waals surface area contributed by atoms with Gasteiger partial charge in [0.2, 0.25) is 0 Å². The van der Waals surface area contributed by atoms with Crippen LogP contribution < -0.4 is 10.2 Å². The Balaban J connectivity index is 2.08. The minimum absolute atomic E-state index is 0.355. The van der Waals surface area contributed by atoms with Crippen LogP contribution in [-0.2, 0) is 0 Å². The lowest BCUT2D eigenvalue weighted by Crippen LogP contribution is -2.18. The van der Waals surface area contributed by atoms with Gasteiger partial charge in [-0.15, -0.1) is 0 Å². The van der Waals surface area contributed by atoms with Crippen molar-refractivity contribution in [2.45, 2.75) is 6.92 Å². The van der Waals surface area contributed by atoms with Gasteiger partial charge in [0.15, 0.2) is 0 Å². The van der Waals surface area contributed by atoms with Crippen molar-refractivity contribution in [1.29, 1.82) is 0 Å². The molecule has 0 aliphatic heterocycles. The van der Waals surface area contributed by atoms with Gasteiger partial charge in [-0.25, -0.2) is 5.43 Å². The van der Waals surface area contributed by atoms with Gasteiger partial charge in [-0.2, -0.15) is 5.10 Å². The van der Waals surface area contributed by atoms with Crippen LogP contribution in [0.25, 0.3) is 0 Å². The second-order valence-electron chi connectivity index (χ2n) is 4.42. The second kappa shape index (κ2) is 6.90. The number of nitrogens with one attached hydrogen (secondary N) is 1. The standard InChI is InChI=1S/C16H15ClN2O2/c1-11-7-8-13(14(17)9-11)16(20)19-18-10-12-5-3-4-6-15(12)21-2/h3-10H,1-2H3,(H,19,20)/b18-10+. The van der Waals surface area contributed by atoms with E-state index in [1.165, 1.54) is 6.21 Å². The normalized spacial score (nSPS) is 10.6. The predicted molar refractivity (Wildman–Crippen MR) is 84.2 cm³/mol. The molecule has 0 aliphatic rings. The largest absolute Gasteiger partial charge is 0.496 e. The fraction of sp³-hybridized carbons (Fsp3) is 0.125. The minimum atomic E-state index is -0.355. The van der Waals surface area contributed by atoms with Gasteiger partial charge in [-0.1, -0.05) is 29.8 Å². The predicted octanol–water partition coefficient (Wildman–Crippen LogP) is 3.42. The molecular weight excluding hydrogens is 288 g/mol. The fourth-order valence-corrected chi connectivity index (χ4v) is 2.12. The number of hydrogen-bond donors (Lipinski definition) is 1. The first-order valence-corrected chi connectivity index (χ1v) is 6.72. The highest BCUT2D eigenvalue weighted by Crippen LogP contribution is 2.17. The van der Waals surface area contributed by atoms with E-state index in [0.717, 1.165) is 11.1 Å². The maximum atomic E-state index is 12.0. The Morgan fingerprint density at radius 1 is 1.29 bits per heavy atom. The van der Waals surface area contributed by atoms with Crippen LogP contribution in [0.2, 0.25) is 5.02 Å². The lowest BCUT2D eigenvalue weighted by atomic mass is 10.1. The number of nitrogens with zero attached hydrogens (tertiary/aromatic N) is 1. The van der Waals surface area contributed by atoms with Crippen molar-refractivity contribution in [1.82, 2.24) is 5.43 Å². The molecule has 0 aliphatic carbocycles. The quantitative estimate of drug-likeness (QED) is 0.695. The maximum absolute atomic E-state index is 12.0. The Morgan fingerprint density at radius 2 is 2.05 bits per heavy atom. The highest BCUT2D eigenvalue weighted by Gasteiger charge is 2.09. The minimum Gasteiger partial charge on any atom is -0.496 e. The number of carbonyl (C=O) groups is 1. The second-order valence-corrected chi connectivity index (χ2v) is 4.83. The summed E-state index contributed by atoms with van der Waals surface area (Å²) in [4.78, 5) is 12.0. The molecule has 0 spiro atoms. The van der Waals surface area contributed by atoms with Crippen LogP contribution in [-0.4, -0.2) is 19.2 Å². The van der Waals surface area contributed by atoms with Crippen LogP contribution in [0.3, 0.4) is 0 Å². The summed E-state index contributed by atoms with van der Waals surface area (Å²) in [5, 5.41) is 4.33. The average Bonchev–Trinajstić information content (AvgIpc) is 2.47. The summed E-state index contributed by atoms with van der Waals surface area (Å²) >= 11 is 6.04. The van der Waals surface area contributed by atoms with Gasteiger partial charge in [-0.05, 0) is 36.8 Å². The van der Waals surface area contributed by atoms with E-state index < -0.39 is 0 Å². The summed E-state index contributed by atoms with van der Waals surface area (Å²) in [7, 11) is 1.58. The summed E-state index contributed by atoms with van der Waals surface area (Å²) in [6.45, 7) is 1.91. The number of para-hydroxylation sites is 1. The Labute approximate surface area is 128 Å². The molecule has 0 heterocycles. The summed E-state index contributed by atoms with van der Waals surface area (Å²) in [6, 6.07) is 12.6. The van der Waals surface area contributed by atoms with Gasteiger partial charge < -0.3 is 4.74 Å². The lowest BCUT2D eigenvalue weighted by molar-refractivity contribution is 0.0955. The molecule has 0 aromatic heterocycles. The molecular formula is C16H15ClN2O2. The molecule has 21 heavy (non-hydrogen) atoms. The number of hydrazone groups is 1. The van der Waals surface area contributed by atoms with Crippen molar-refractivity contribution in [3.63, 3.8) is 0 Å². The monoisotopic (exact) mass is 302 g/mol. The summed E-state index contributed by atoms with van der Waals surface area (Å²) in [5.74, 6) is 0.329. The third kappa shape index (κ3) is 3.83. The Kier molecular flexibility index (Phi) is 4.95. The summed E-state index contributed by atoms with van der Waals surface area (Å²) < 4.78 is 5.19. The number of ether oxygens (including phenoxy) is 1. The Hall–Kier alpha value is -2.33. The van der Waals surface area contributed by atoms with E-state index in [-0.39, 0.29) is 5.91 Å². The van der Waals surface area contributed by atoms with Crippen LogP contribution in [0.4, 0.5) is 0 Å². The van der Waals surface area contributed by atoms with E-state index in [1.54, 1.807) is 19.2 Å². The lowest BCUT2D eigenvalue weighted by Gasteiger charge is -2.05. The Morgan fingerprint density at radius 3 is 2.76 bits per heavy atom. The molecule has 5 heteroatoms. The van der Waals surface area contributed by atoms with Gasteiger partial charge in [0, 0.05) is 5.56 Å². The average molecular weight is 303 g/mol. The van der Waals surface area contributed by atoms with Gasteiger partial charge >= 0.3 is 0 Å². The van der Waals surface area contributed by atoms with Crippen LogP contribution in [0, 0.1) is 6.92 Å². The first-order chi connectivity index (χ1) is 10.1. The highest BCUT2D eigenvalue weighted by atomic mass is 35.5. The summed E-state index contributed by atoms with van der Waals surface area (Å²) in [6.07, 6.45) is 1.53. The maximum Gasteiger partial charge on any atom is 0.272 e. The van der Waals surface area contributed by atoms with Crippen LogP contribution in [0.5, 0.6) is 5.75 Å². The van der Waals surface area contributed by atoms with E-state index in [4.69, 9.17) is 16.3 Å². The van der Waals surface area contributed by atoms with Crippen LogP contribution in [0.1, 0.15) is 21.5 Å². The summed E-state index contributed by atoms with van der Waals surface area (Å²) in [5.41, 5.74) is 4.61. The van der Waals surface area contributed by atoms with Crippen LogP contribution in [0.15, 0.2) is 47.6 Å². The van der Waals surface area contributed by atoms with Gasteiger partial charge in [0.25, 0.3) is 5.91 Å². The topological polar surface area (TPSA) is 50.7 Å². The van der Waals surface area contributed by atoms with E-state index in [2.05, 4.69) is 10.5 Å². The zero-order chi connectivity index (χ0) is 15.2. The zero-order valence-electron chi connectivity index (χ0n) is 11.8. The van der Waals surface area contributed by atoms with Crippen molar-refractivity contribution in [3.05, 3.63) is 64.2 Å². The van der Waals surface area contributed by atoms with E-state index in [0.29, 0.717) is 16.3 Å². The van der Waals surface area contributed by atoms with Crippen LogP contribution >= 0.6 is 11.6 Å². The van der Waals surface area contributed by atoms with Gasteiger partial charge in [0.1, 0.15) is 5.75 Å². The number of carbonyl (C=O) groups excluding carboxylic acids is 1. The molecule has 0 saturated heterocycles. The molecule has 0 saturated carbocycles. The smallest absolute Gasteiger partial charge is 0.272 e. The molecule has 0 atom stereocenters. The van der Waals surface area contributed by atoms with E-state index >= 15 is 0 Å². The third-order valence-electron chi connectivity index (χ3n) is 2.88. The number of amides is 1. The van der Waals surface area contributed by atoms with Gasteiger partial charge in [-0.3, -0.25) is 4.79 Å². The van der Waals surface area contributed by atoms with Crippen molar-refractivity contribution in [2.75, 3.05) is 7.11 Å². The first kappa shape index (κ1) is 15.1. The first-order valence-electron chi connectivity index (χ1n) is 6.34. The van der Waals surface area contributed by atoms with Crippen molar-refractivity contribution >= 4 is 23.7 Å². The van der Waals surface area contributed by atoms with E-state index in [1.807, 2.05) is 37.3 Å². The highest BCUT2D eigenvalue weighted by molar-refractivity contribution is 6.33. The van der Waals surface area contributed by atoms with Crippen molar-refractivity contribution in [3.8, 4) is 5.75 Å². The molecule has 0 radical (unpaired) electrons. The number of rotatable bonds is 4.